The summed E-state index contributed by atoms with van der Waals surface area (Å²) < 4.78 is 1.82. The number of hydrogen-bond donors (Lipinski definition) is 1. The maximum absolute atomic E-state index is 11.2. The van der Waals surface area contributed by atoms with Crippen molar-refractivity contribution in [2.45, 2.75) is 26.2 Å². The highest BCUT2D eigenvalue weighted by Crippen LogP contribution is 2.13. The second-order valence-electron chi connectivity index (χ2n) is 3.80. The molecule has 1 N–H and O–H groups in total. The molecule has 84 valence electrons. The number of aliphatic hydroxyl groups is 1. The third kappa shape index (κ3) is 3.47. The quantitative estimate of drug-likeness (QED) is 0.760. The molecule has 1 aromatic heterocycles. The molecule has 1 heterocycles. The maximum Gasteiger partial charge on any atom is 0.133 e. The molecular formula is C11H18N2O2. The molecule has 0 aliphatic heterocycles. The summed E-state index contributed by atoms with van der Waals surface area (Å²) in [6.45, 7) is 1.67. The van der Waals surface area contributed by atoms with E-state index >= 15 is 0 Å². The average Bonchev–Trinajstić information content (AvgIpc) is 2.58. The summed E-state index contributed by atoms with van der Waals surface area (Å²) in [7, 11) is 1.89. The van der Waals surface area contributed by atoms with Crippen molar-refractivity contribution in [3.05, 3.63) is 18.0 Å². The van der Waals surface area contributed by atoms with E-state index < -0.39 is 0 Å². The Morgan fingerprint density at radius 1 is 1.60 bits per heavy atom. The van der Waals surface area contributed by atoms with Crippen LogP contribution in [0.2, 0.25) is 0 Å². The van der Waals surface area contributed by atoms with Crippen molar-refractivity contribution in [1.82, 2.24) is 9.78 Å². The van der Waals surface area contributed by atoms with Gasteiger partial charge in [-0.3, -0.25) is 9.48 Å². The largest absolute Gasteiger partial charge is 0.396 e. The summed E-state index contributed by atoms with van der Waals surface area (Å²) in [4.78, 5) is 11.2. The van der Waals surface area contributed by atoms with E-state index in [0.29, 0.717) is 6.42 Å². The number of carbonyl (C=O) groups is 1. The Hall–Kier alpha value is -1.16. The van der Waals surface area contributed by atoms with Gasteiger partial charge in [0.1, 0.15) is 5.78 Å². The smallest absolute Gasteiger partial charge is 0.133 e. The summed E-state index contributed by atoms with van der Waals surface area (Å²) in [6.07, 6.45) is 3.94. The lowest BCUT2D eigenvalue weighted by Crippen LogP contribution is -2.14. The summed E-state index contributed by atoms with van der Waals surface area (Å²) in [5, 5.41) is 12.9. The van der Waals surface area contributed by atoms with Gasteiger partial charge in [0.25, 0.3) is 0 Å². The van der Waals surface area contributed by atoms with Crippen LogP contribution in [-0.2, 0) is 18.3 Å². The molecule has 4 nitrogen and oxygen atoms in total. The molecule has 1 unspecified atom stereocenters. The minimum atomic E-state index is -0.0232. The fourth-order valence-electron chi connectivity index (χ4n) is 1.68. The zero-order valence-corrected chi connectivity index (χ0v) is 9.31. The molecule has 1 atom stereocenters. The Morgan fingerprint density at radius 3 is 2.80 bits per heavy atom. The van der Waals surface area contributed by atoms with Gasteiger partial charge < -0.3 is 5.11 Å². The SMILES string of the molecule is CC(=O)C(CCO)CCc1ccnn1C. The van der Waals surface area contributed by atoms with Gasteiger partial charge in [-0.2, -0.15) is 5.10 Å². The number of carbonyl (C=O) groups excluding carboxylic acids is 1. The fraction of sp³-hybridized carbons (Fsp3) is 0.636. The normalized spacial score (nSPS) is 12.7. The van der Waals surface area contributed by atoms with Crippen LogP contribution in [0, 0.1) is 5.92 Å². The predicted octanol–water partition coefficient (Wildman–Crippen LogP) is 0.940. The lowest BCUT2D eigenvalue weighted by Gasteiger charge is -2.11. The third-order valence-corrected chi connectivity index (χ3v) is 2.72. The molecule has 0 amide bonds. The van der Waals surface area contributed by atoms with E-state index in [9.17, 15) is 4.79 Å². The standard InChI is InChI=1S/C11H18N2O2/c1-9(15)10(6-8-14)3-4-11-5-7-12-13(11)2/h5,7,10,14H,3-4,6,8H2,1-2H3. The van der Waals surface area contributed by atoms with Gasteiger partial charge in [0.15, 0.2) is 0 Å². The summed E-state index contributed by atoms with van der Waals surface area (Å²) >= 11 is 0. The molecule has 0 aliphatic carbocycles. The summed E-state index contributed by atoms with van der Waals surface area (Å²) in [6, 6.07) is 1.95. The molecule has 1 aromatic rings. The minimum Gasteiger partial charge on any atom is -0.396 e. The van der Waals surface area contributed by atoms with E-state index in [1.807, 2.05) is 17.8 Å². The first-order chi connectivity index (χ1) is 7.15. The van der Waals surface area contributed by atoms with Crippen LogP contribution in [0.4, 0.5) is 0 Å². The van der Waals surface area contributed by atoms with Gasteiger partial charge in [0, 0.05) is 31.5 Å². The van der Waals surface area contributed by atoms with Crippen molar-refractivity contribution < 1.29 is 9.90 Å². The van der Waals surface area contributed by atoms with Gasteiger partial charge in [0.2, 0.25) is 0 Å². The van der Waals surface area contributed by atoms with Crippen molar-refractivity contribution in [3.63, 3.8) is 0 Å². The second-order valence-corrected chi connectivity index (χ2v) is 3.80. The number of Topliss-reactive ketones (excluding diaryl/α,β-unsaturated/α-hetero) is 1. The van der Waals surface area contributed by atoms with Crippen molar-refractivity contribution in [1.29, 1.82) is 0 Å². The van der Waals surface area contributed by atoms with Crippen molar-refractivity contribution in [3.8, 4) is 0 Å². The molecule has 0 saturated heterocycles. The number of aromatic nitrogens is 2. The van der Waals surface area contributed by atoms with Gasteiger partial charge in [-0.15, -0.1) is 0 Å². The lowest BCUT2D eigenvalue weighted by atomic mass is 9.95. The van der Waals surface area contributed by atoms with Crippen LogP contribution in [0.1, 0.15) is 25.5 Å². The van der Waals surface area contributed by atoms with Gasteiger partial charge in [-0.25, -0.2) is 0 Å². The first-order valence-corrected chi connectivity index (χ1v) is 5.23. The van der Waals surface area contributed by atoms with Crippen LogP contribution >= 0.6 is 0 Å². The predicted molar refractivity (Wildman–Crippen MR) is 57.4 cm³/mol. The van der Waals surface area contributed by atoms with Crippen molar-refractivity contribution in [2.75, 3.05) is 6.61 Å². The van der Waals surface area contributed by atoms with Crippen LogP contribution < -0.4 is 0 Å². The first kappa shape index (κ1) is 11.9. The zero-order valence-electron chi connectivity index (χ0n) is 9.31. The molecule has 15 heavy (non-hydrogen) atoms. The monoisotopic (exact) mass is 210 g/mol. The van der Waals surface area contributed by atoms with E-state index in [-0.39, 0.29) is 18.3 Å². The van der Waals surface area contributed by atoms with Gasteiger partial charge >= 0.3 is 0 Å². The molecule has 0 saturated carbocycles. The fourth-order valence-corrected chi connectivity index (χ4v) is 1.68. The Morgan fingerprint density at radius 2 is 2.33 bits per heavy atom. The van der Waals surface area contributed by atoms with E-state index in [1.54, 1.807) is 13.1 Å². The Balaban J connectivity index is 2.47. The topological polar surface area (TPSA) is 55.1 Å². The summed E-state index contributed by atoms with van der Waals surface area (Å²) in [5.74, 6) is 0.135. The van der Waals surface area contributed by atoms with Crippen molar-refractivity contribution in [2.24, 2.45) is 13.0 Å². The first-order valence-electron chi connectivity index (χ1n) is 5.23. The molecule has 0 fully saturated rings. The Bertz CT molecular complexity index is 320. The van der Waals surface area contributed by atoms with Crippen LogP contribution in [0.3, 0.4) is 0 Å². The number of rotatable bonds is 6. The van der Waals surface area contributed by atoms with Crippen LogP contribution in [-0.4, -0.2) is 27.3 Å². The number of nitrogens with zero attached hydrogens (tertiary/aromatic N) is 2. The Kier molecular flexibility index (Phi) is 4.49. The molecule has 0 aliphatic rings. The molecule has 0 spiro atoms. The Labute approximate surface area is 89.9 Å². The van der Waals surface area contributed by atoms with Gasteiger partial charge in [-0.05, 0) is 32.3 Å². The number of aryl methyl sites for hydroxylation is 2. The lowest BCUT2D eigenvalue weighted by molar-refractivity contribution is -0.121. The number of ketones is 1. The molecule has 0 radical (unpaired) electrons. The average molecular weight is 210 g/mol. The van der Waals surface area contributed by atoms with E-state index in [4.69, 9.17) is 5.11 Å². The molecule has 0 bridgehead atoms. The maximum atomic E-state index is 11.2. The number of aliphatic hydroxyl groups excluding tert-OH is 1. The summed E-state index contributed by atoms with van der Waals surface area (Å²) in [5.41, 5.74) is 1.12. The minimum absolute atomic E-state index is 0.0232. The van der Waals surface area contributed by atoms with E-state index in [2.05, 4.69) is 5.10 Å². The highest BCUT2D eigenvalue weighted by atomic mass is 16.3. The van der Waals surface area contributed by atoms with E-state index in [1.165, 1.54) is 0 Å². The van der Waals surface area contributed by atoms with Gasteiger partial charge in [-0.1, -0.05) is 0 Å². The highest BCUT2D eigenvalue weighted by Gasteiger charge is 2.14. The molecule has 0 aromatic carbocycles. The van der Waals surface area contributed by atoms with Crippen LogP contribution in [0.15, 0.2) is 12.3 Å². The molecule has 4 heteroatoms. The van der Waals surface area contributed by atoms with Crippen molar-refractivity contribution >= 4 is 5.78 Å². The van der Waals surface area contributed by atoms with E-state index in [0.717, 1.165) is 18.5 Å². The molecule has 1 rings (SSSR count). The third-order valence-electron chi connectivity index (χ3n) is 2.72. The molecular weight excluding hydrogens is 192 g/mol. The van der Waals surface area contributed by atoms with Gasteiger partial charge in [0.05, 0.1) is 0 Å². The highest BCUT2D eigenvalue weighted by molar-refractivity contribution is 5.78. The second kappa shape index (κ2) is 5.66. The van der Waals surface area contributed by atoms with Crippen LogP contribution in [0.5, 0.6) is 0 Å². The number of hydrogen-bond acceptors (Lipinski definition) is 3. The van der Waals surface area contributed by atoms with Crippen LogP contribution in [0.25, 0.3) is 0 Å². The zero-order chi connectivity index (χ0) is 11.3.